The van der Waals surface area contributed by atoms with Crippen molar-refractivity contribution in [3.8, 4) is 73.2 Å². The fourth-order valence-corrected chi connectivity index (χ4v) is 11.6. The van der Waals surface area contributed by atoms with E-state index in [1.807, 2.05) is 6.20 Å². The maximum absolute atomic E-state index is 12.9. The van der Waals surface area contributed by atoms with Crippen LogP contribution in [0.15, 0.2) is 212 Å². The van der Waals surface area contributed by atoms with Gasteiger partial charge >= 0.3 is 0 Å². The first-order chi connectivity index (χ1) is 38.3. The van der Waals surface area contributed by atoms with Crippen LogP contribution in [0.5, 0.6) is 5.75 Å². The molecule has 0 bridgehead atoms. The maximum atomic E-state index is 12.9. The van der Waals surface area contributed by atoms with Crippen molar-refractivity contribution < 1.29 is 26.2 Å². The molecule has 0 atom stereocenters. The van der Waals surface area contributed by atoms with E-state index in [9.17, 15) is 5.11 Å². The Kier molecular flexibility index (Phi) is 14.1. The van der Waals surface area contributed by atoms with E-state index in [1.54, 1.807) is 0 Å². The summed E-state index contributed by atoms with van der Waals surface area (Å²) < 4.78 is 4.68. The second-order valence-electron chi connectivity index (χ2n) is 25.2. The smallest absolute Gasteiger partial charge is 0.148 e. The minimum absolute atomic E-state index is 0. The van der Waals surface area contributed by atoms with Crippen LogP contribution in [-0.2, 0) is 42.7 Å². The zero-order valence-electron chi connectivity index (χ0n) is 48.3. The fourth-order valence-electron chi connectivity index (χ4n) is 11.6. The monoisotopic (exact) mass is 1240 g/mol. The molecule has 406 valence electrons. The first kappa shape index (κ1) is 54.8. The van der Waals surface area contributed by atoms with Crippen LogP contribution in [0.4, 0.5) is 0 Å². The number of pyridine rings is 1. The number of aromatic hydroxyl groups is 1. The van der Waals surface area contributed by atoms with Crippen molar-refractivity contribution >= 4 is 32.8 Å². The molecule has 0 aliphatic rings. The minimum atomic E-state index is -0.369. The van der Waals surface area contributed by atoms with Gasteiger partial charge in [0.1, 0.15) is 11.6 Å². The summed E-state index contributed by atoms with van der Waals surface area (Å²) in [6.45, 7) is 24.6. The summed E-state index contributed by atoms with van der Waals surface area (Å²) in [6.07, 6.45) is 1.92. The number of nitrogens with zero attached hydrogens (tertiary/aromatic N) is 4. The van der Waals surface area contributed by atoms with Crippen LogP contribution in [-0.4, -0.2) is 24.2 Å². The average Bonchev–Trinajstić information content (AvgIpc) is 4.07. The third-order valence-electron chi connectivity index (χ3n) is 16.4. The molecule has 0 fully saturated rings. The van der Waals surface area contributed by atoms with E-state index in [1.165, 1.54) is 16.7 Å². The van der Waals surface area contributed by atoms with Crippen molar-refractivity contribution in [2.24, 2.45) is 0 Å². The number of benzene rings is 9. The number of aromatic nitrogens is 4. The van der Waals surface area contributed by atoms with Gasteiger partial charge in [0.25, 0.3) is 0 Å². The number of fused-ring (bicyclic) bond motifs is 4. The van der Waals surface area contributed by atoms with Gasteiger partial charge in [-0.2, -0.15) is 0 Å². The Labute approximate surface area is 492 Å². The molecular formula is C75H69N4OPt-. The normalized spacial score (nSPS) is 12.3. The molecule has 5 nitrogen and oxygen atoms in total. The van der Waals surface area contributed by atoms with Crippen LogP contribution in [0.25, 0.3) is 100 Å². The van der Waals surface area contributed by atoms with Crippen molar-refractivity contribution in [3.05, 3.63) is 246 Å². The number of phenols is 1. The van der Waals surface area contributed by atoms with Crippen molar-refractivity contribution in [1.82, 2.24) is 19.1 Å². The second-order valence-corrected chi connectivity index (χ2v) is 25.2. The van der Waals surface area contributed by atoms with E-state index in [0.717, 1.165) is 100.0 Å². The summed E-state index contributed by atoms with van der Waals surface area (Å²) in [7, 11) is 0. The molecule has 3 aromatic heterocycles. The number of para-hydroxylation sites is 3. The molecule has 81 heavy (non-hydrogen) atoms. The van der Waals surface area contributed by atoms with Gasteiger partial charge in [0, 0.05) is 60.7 Å². The van der Waals surface area contributed by atoms with Crippen LogP contribution in [0, 0.1) is 6.07 Å². The van der Waals surface area contributed by atoms with Gasteiger partial charge in [-0.1, -0.05) is 250 Å². The van der Waals surface area contributed by atoms with Crippen molar-refractivity contribution in [2.45, 2.75) is 97.8 Å². The Morgan fingerprint density at radius 3 is 1.73 bits per heavy atom. The molecule has 0 spiro atoms. The van der Waals surface area contributed by atoms with E-state index < -0.39 is 0 Å². The molecule has 0 saturated carbocycles. The minimum Gasteiger partial charge on any atom is -0.507 e. The summed E-state index contributed by atoms with van der Waals surface area (Å²) in [5.41, 5.74) is 19.3. The van der Waals surface area contributed by atoms with E-state index in [0.29, 0.717) is 11.4 Å². The van der Waals surface area contributed by atoms with Crippen LogP contribution in [0.1, 0.15) is 104 Å². The number of hydrogen-bond acceptors (Lipinski definition) is 3. The molecule has 12 rings (SSSR count). The van der Waals surface area contributed by atoms with E-state index >= 15 is 0 Å². The number of rotatable bonds is 9. The van der Waals surface area contributed by atoms with Gasteiger partial charge in [0.15, 0.2) is 0 Å². The third kappa shape index (κ3) is 9.95. The largest absolute Gasteiger partial charge is 0.507 e. The van der Waals surface area contributed by atoms with Gasteiger partial charge in [-0.15, -0.1) is 12.1 Å². The predicted octanol–water partition coefficient (Wildman–Crippen LogP) is 19.6. The van der Waals surface area contributed by atoms with Gasteiger partial charge < -0.3 is 9.67 Å². The quantitative estimate of drug-likeness (QED) is 0.147. The molecule has 12 aromatic rings. The zero-order chi connectivity index (χ0) is 55.9. The van der Waals surface area contributed by atoms with Crippen molar-refractivity contribution in [3.63, 3.8) is 0 Å². The van der Waals surface area contributed by atoms with Gasteiger partial charge in [-0.25, -0.2) is 4.98 Å². The molecule has 3 heterocycles. The van der Waals surface area contributed by atoms with E-state index in [-0.39, 0.29) is 48.5 Å². The molecule has 0 aliphatic carbocycles. The number of imidazole rings is 1. The number of hydrogen-bond donors (Lipinski definition) is 1. The molecule has 0 aliphatic heterocycles. The SMILES string of the molecule is CC(C)(C)c1ccc(-n2c(-c3cc(C(C)(C)C)cc(C(C)(C)C)c3O)nc3c(-c4[c-]c(-c5cc(-c6ccc(C(C)(C)c7ccccc7)cc6)ccn5)cc5c6ccccc6n(-c6ccccc6)c45)cccc32)c(-c2ccccc2)c1.[Pt]. The zero-order valence-corrected chi connectivity index (χ0v) is 50.5. The van der Waals surface area contributed by atoms with Gasteiger partial charge in [0.2, 0.25) is 0 Å². The van der Waals surface area contributed by atoms with E-state index in [2.05, 4.69) is 298 Å². The maximum Gasteiger partial charge on any atom is 0.148 e. The number of phenolic OH excluding ortho intramolecular Hbond substituents is 1. The predicted molar refractivity (Wildman–Crippen MR) is 336 cm³/mol. The molecule has 0 amide bonds. The second kappa shape index (κ2) is 20.8. The summed E-state index contributed by atoms with van der Waals surface area (Å²) in [5, 5.41) is 15.1. The van der Waals surface area contributed by atoms with Crippen molar-refractivity contribution in [1.29, 1.82) is 0 Å². The first-order valence-electron chi connectivity index (χ1n) is 28.0. The molecular weight excluding hydrogens is 1170 g/mol. The fraction of sp³-hybridized carbons (Fsp3) is 0.200. The standard InChI is InChI=1S/C75H69N4O.Pt/c1-72(2,3)54-38-39-66(59(45-54)49-24-15-12-16-25-49)79-67-33-23-31-58(68(67)77-71(79)62-46-55(73(4,5)6)47-63(70(62)80)74(7,8)9)61-43-51(42-60-57-30-21-22-32-65(57)78(69(60)61)56-28-19-14-20-29-56)64-44-50(40-41-76-64)48-34-36-53(37-35-48)75(10,11)52-26-17-13-18-27-52;/h12-42,44-47,80H,1-11H3;/q-1;. The first-order valence-corrected chi connectivity index (χ1v) is 28.0. The van der Waals surface area contributed by atoms with Crippen LogP contribution in [0.2, 0.25) is 0 Å². The summed E-state index contributed by atoms with van der Waals surface area (Å²) in [5.74, 6) is 0.891. The molecule has 0 radical (unpaired) electrons. The summed E-state index contributed by atoms with van der Waals surface area (Å²) in [6, 6.07) is 78.1. The third-order valence-corrected chi connectivity index (χ3v) is 16.4. The Hall–Kier alpha value is -8.11. The molecule has 1 N–H and O–H groups in total. The Morgan fingerprint density at radius 2 is 1.05 bits per heavy atom. The molecule has 9 aromatic carbocycles. The van der Waals surface area contributed by atoms with Crippen LogP contribution >= 0.6 is 0 Å². The van der Waals surface area contributed by atoms with Crippen LogP contribution < -0.4 is 0 Å². The Bertz CT molecular complexity index is 4300. The van der Waals surface area contributed by atoms with Crippen LogP contribution in [0.3, 0.4) is 0 Å². The molecule has 6 heteroatoms. The van der Waals surface area contributed by atoms with Gasteiger partial charge in [-0.05, 0) is 115 Å². The van der Waals surface area contributed by atoms with E-state index in [4.69, 9.17) is 9.97 Å². The summed E-state index contributed by atoms with van der Waals surface area (Å²) in [4.78, 5) is 11.0. The Morgan fingerprint density at radius 1 is 0.444 bits per heavy atom. The van der Waals surface area contributed by atoms with Gasteiger partial charge in [-0.3, -0.25) is 9.55 Å². The van der Waals surface area contributed by atoms with Crippen molar-refractivity contribution in [2.75, 3.05) is 0 Å². The summed E-state index contributed by atoms with van der Waals surface area (Å²) >= 11 is 0. The molecule has 0 saturated heterocycles. The Balaban J connectivity index is 0.00000690. The average molecular weight is 1240 g/mol. The topological polar surface area (TPSA) is 55.9 Å². The molecule has 0 unspecified atom stereocenters. The van der Waals surface area contributed by atoms with Gasteiger partial charge in [0.05, 0.1) is 22.3 Å².